The number of nitrogens with one attached hydrogen (secondary N) is 1. The topological polar surface area (TPSA) is 65.0 Å². The maximum absolute atomic E-state index is 12.6. The van der Waals surface area contributed by atoms with Crippen molar-refractivity contribution in [3.63, 3.8) is 0 Å². The van der Waals surface area contributed by atoms with E-state index in [0.717, 1.165) is 23.8 Å². The van der Waals surface area contributed by atoms with Gasteiger partial charge in [0.2, 0.25) is 0 Å². The molecule has 1 aromatic heterocycles. The summed E-state index contributed by atoms with van der Waals surface area (Å²) in [5.74, 6) is 0.816. The first-order valence-corrected chi connectivity index (χ1v) is 11.7. The van der Waals surface area contributed by atoms with Crippen LogP contribution in [0.15, 0.2) is 51.7 Å². The predicted molar refractivity (Wildman–Crippen MR) is 133 cm³/mol. The second kappa shape index (κ2) is 12.5. The van der Waals surface area contributed by atoms with E-state index in [2.05, 4.69) is 27.3 Å². The number of sulfonamides is 1. The van der Waals surface area contributed by atoms with E-state index in [-0.39, 0.29) is 24.0 Å². The minimum absolute atomic E-state index is 0. The lowest BCUT2D eigenvalue weighted by Crippen LogP contribution is -2.39. The van der Waals surface area contributed by atoms with Crippen LogP contribution in [0.3, 0.4) is 0 Å². The molecule has 0 aliphatic carbocycles. The molecule has 2 rings (SSSR count). The summed E-state index contributed by atoms with van der Waals surface area (Å²) in [6.45, 7) is 6.15. The summed E-state index contributed by atoms with van der Waals surface area (Å²) in [4.78, 5) is 7.45. The highest BCUT2D eigenvalue weighted by molar-refractivity contribution is 14.0. The molecule has 9 heteroatoms. The zero-order valence-electron chi connectivity index (χ0n) is 17.5. The van der Waals surface area contributed by atoms with Gasteiger partial charge in [-0.25, -0.2) is 8.42 Å². The quantitative estimate of drug-likeness (QED) is 0.294. The van der Waals surface area contributed by atoms with E-state index in [0.29, 0.717) is 23.8 Å². The molecular weight excluding hydrogens is 519 g/mol. The number of thiophene rings is 1. The van der Waals surface area contributed by atoms with Gasteiger partial charge in [-0.05, 0) is 24.1 Å². The van der Waals surface area contributed by atoms with Crippen LogP contribution in [0.25, 0.3) is 0 Å². The predicted octanol–water partition coefficient (Wildman–Crippen LogP) is 3.65. The standard InChI is InChI=1S/C20H30N4O2S2.HI/c1-5-24(6-2)28(25,26)19-13-12-18(27-19)14-15-22-20(21-3)23(4)16-17-10-8-7-9-11-17;/h7-13H,5-6,14-16H2,1-4H3,(H,21,22);1H. The van der Waals surface area contributed by atoms with E-state index in [4.69, 9.17) is 0 Å². The number of nitrogens with zero attached hydrogens (tertiary/aromatic N) is 3. The van der Waals surface area contributed by atoms with Gasteiger partial charge in [-0.2, -0.15) is 4.31 Å². The van der Waals surface area contributed by atoms with Gasteiger partial charge < -0.3 is 10.2 Å². The van der Waals surface area contributed by atoms with Crippen LogP contribution in [0.2, 0.25) is 0 Å². The zero-order valence-corrected chi connectivity index (χ0v) is 21.4. The van der Waals surface area contributed by atoms with E-state index in [1.807, 2.05) is 45.2 Å². The molecule has 0 saturated carbocycles. The Labute approximate surface area is 196 Å². The summed E-state index contributed by atoms with van der Waals surface area (Å²) in [6.07, 6.45) is 0.747. The fourth-order valence-corrected chi connectivity index (χ4v) is 5.90. The number of guanidine groups is 1. The molecule has 1 aromatic carbocycles. The highest BCUT2D eigenvalue weighted by Crippen LogP contribution is 2.25. The SMILES string of the molecule is CCN(CC)S(=O)(=O)c1ccc(CCNC(=NC)N(C)Cc2ccccc2)s1.I. The number of rotatable bonds is 9. The molecule has 0 fully saturated rings. The molecule has 29 heavy (non-hydrogen) atoms. The van der Waals surface area contributed by atoms with Crippen molar-refractivity contribution in [2.75, 3.05) is 33.7 Å². The third kappa shape index (κ3) is 7.23. The second-order valence-electron chi connectivity index (χ2n) is 6.38. The number of halogens is 1. The molecule has 0 aliphatic heterocycles. The van der Waals surface area contributed by atoms with Crippen LogP contribution in [-0.4, -0.2) is 57.3 Å². The molecule has 0 saturated heterocycles. The molecule has 0 spiro atoms. The molecule has 0 aliphatic rings. The molecule has 2 aromatic rings. The summed E-state index contributed by atoms with van der Waals surface area (Å²) in [5.41, 5.74) is 1.22. The normalized spacial score (nSPS) is 12.0. The lowest BCUT2D eigenvalue weighted by Gasteiger charge is -2.22. The van der Waals surface area contributed by atoms with Gasteiger partial charge >= 0.3 is 0 Å². The fourth-order valence-electron chi connectivity index (χ4n) is 2.94. The van der Waals surface area contributed by atoms with E-state index >= 15 is 0 Å². The van der Waals surface area contributed by atoms with Crippen molar-refractivity contribution in [3.05, 3.63) is 52.9 Å². The van der Waals surface area contributed by atoms with Crippen LogP contribution in [0, 0.1) is 0 Å². The summed E-state index contributed by atoms with van der Waals surface area (Å²) < 4.78 is 27.1. The van der Waals surface area contributed by atoms with Crippen LogP contribution in [0.5, 0.6) is 0 Å². The van der Waals surface area contributed by atoms with Crippen molar-refractivity contribution in [2.45, 2.75) is 31.0 Å². The van der Waals surface area contributed by atoms with Crippen LogP contribution in [0.4, 0.5) is 0 Å². The smallest absolute Gasteiger partial charge is 0.252 e. The molecule has 0 atom stereocenters. The monoisotopic (exact) mass is 550 g/mol. The first kappa shape index (κ1) is 25.9. The second-order valence-corrected chi connectivity index (χ2v) is 9.71. The summed E-state index contributed by atoms with van der Waals surface area (Å²) in [7, 11) is 0.395. The lowest BCUT2D eigenvalue weighted by atomic mass is 10.2. The van der Waals surface area contributed by atoms with Gasteiger partial charge in [-0.15, -0.1) is 35.3 Å². The van der Waals surface area contributed by atoms with Gasteiger partial charge in [0, 0.05) is 45.2 Å². The van der Waals surface area contributed by atoms with Gasteiger partial charge in [0.1, 0.15) is 4.21 Å². The number of hydrogen-bond donors (Lipinski definition) is 1. The zero-order chi connectivity index (χ0) is 20.6. The van der Waals surface area contributed by atoms with Crippen molar-refractivity contribution in [2.24, 2.45) is 4.99 Å². The molecule has 0 bridgehead atoms. The maximum Gasteiger partial charge on any atom is 0.252 e. The number of hydrogen-bond acceptors (Lipinski definition) is 4. The first-order valence-electron chi connectivity index (χ1n) is 9.46. The van der Waals surface area contributed by atoms with E-state index < -0.39 is 10.0 Å². The Hall–Kier alpha value is -1.17. The van der Waals surface area contributed by atoms with Crippen LogP contribution in [0.1, 0.15) is 24.3 Å². The largest absolute Gasteiger partial charge is 0.356 e. The average molecular weight is 551 g/mol. The molecular formula is C20H31IN4O2S2. The third-order valence-corrected chi connectivity index (χ3v) is 8.09. The molecule has 6 nitrogen and oxygen atoms in total. The Morgan fingerprint density at radius 1 is 1.10 bits per heavy atom. The van der Waals surface area contributed by atoms with Crippen molar-refractivity contribution in [1.29, 1.82) is 0 Å². The van der Waals surface area contributed by atoms with Gasteiger partial charge in [0.15, 0.2) is 5.96 Å². The molecule has 1 N–H and O–H groups in total. The molecule has 0 radical (unpaired) electrons. The Balaban J connectivity index is 0.00000420. The van der Waals surface area contributed by atoms with Gasteiger partial charge in [-0.3, -0.25) is 4.99 Å². The van der Waals surface area contributed by atoms with Crippen LogP contribution in [-0.2, 0) is 23.0 Å². The molecule has 0 amide bonds. The molecule has 162 valence electrons. The van der Waals surface area contributed by atoms with Crippen molar-refractivity contribution in [1.82, 2.24) is 14.5 Å². The summed E-state index contributed by atoms with van der Waals surface area (Å²) in [6, 6.07) is 13.9. The van der Waals surface area contributed by atoms with Crippen molar-refractivity contribution in [3.8, 4) is 0 Å². The van der Waals surface area contributed by atoms with Crippen molar-refractivity contribution < 1.29 is 8.42 Å². The van der Waals surface area contributed by atoms with Gasteiger partial charge in [-0.1, -0.05) is 44.2 Å². The Bertz CT molecular complexity index is 866. The van der Waals surface area contributed by atoms with Crippen LogP contribution >= 0.6 is 35.3 Å². The average Bonchev–Trinajstić information content (AvgIpc) is 3.16. The van der Waals surface area contributed by atoms with E-state index in [1.165, 1.54) is 21.2 Å². The Morgan fingerprint density at radius 2 is 1.76 bits per heavy atom. The first-order chi connectivity index (χ1) is 13.4. The minimum atomic E-state index is -3.37. The van der Waals surface area contributed by atoms with Crippen molar-refractivity contribution >= 4 is 51.3 Å². The Kier molecular flexibility index (Phi) is 11.2. The molecule has 1 heterocycles. The number of aliphatic imine (C=N–C) groups is 1. The van der Waals surface area contributed by atoms with Crippen LogP contribution < -0.4 is 5.32 Å². The summed E-state index contributed by atoms with van der Waals surface area (Å²) in [5, 5.41) is 3.35. The highest BCUT2D eigenvalue weighted by Gasteiger charge is 2.23. The molecule has 0 unspecified atom stereocenters. The van der Waals surface area contributed by atoms with E-state index in [1.54, 1.807) is 13.1 Å². The Morgan fingerprint density at radius 3 is 2.34 bits per heavy atom. The minimum Gasteiger partial charge on any atom is -0.356 e. The third-order valence-electron chi connectivity index (χ3n) is 4.43. The van der Waals surface area contributed by atoms with Gasteiger partial charge in [0.05, 0.1) is 0 Å². The lowest BCUT2D eigenvalue weighted by molar-refractivity contribution is 0.447. The summed E-state index contributed by atoms with van der Waals surface area (Å²) >= 11 is 1.35. The number of benzene rings is 1. The maximum atomic E-state index is 12.6. The highest BCUT2D eigenvalue weighted by atomic mass is 127. The fraction of sp³-hybridized carbons (Fsp3) is 0.450. The van der Waals surface area contributed by atoms with Gasteiger partial charge in [0.25, 0.3) is 10.0 Å². The van der Waals surface area contributed by atoms with E-state index in [9.17, 15) is 8.42 Å².